The van der Waals surface area contributed by atoms with Crippen molar-refractivity contribution in [2.75, 3.05) is 32.7 Å². The molecule has 5 rings (SSSR count). The van der Waals surface area contributed by atoms with E-state index in [4.69, 9.17) is 25.5 Å². The SMILES string of the molecule is CCOc1cccc(CN2C(=O)C(O)=C(C(=O)c3cc4cc(Cl)cc(OC)c4o3)C2c2ccc(N(C)C)cc2)c1. The summed E-state index contributed by atoms with van der Waals surface area (Å²) in [5, 5.41) is 12.1. The van der Waals surface area contributed by atoms with Crippen LogP contribution in [-0.4, -0.2) is 49.5 Å². The zero-order valence-corrected chi connectivity index (χ0v) is 23.4. The van der Waals surface area contributed by atoms with Crippen LogP contribution in [0, 0.1) is 0 Å². The molecule has 1 aliphatic rings. The highest BCUT2D eigenvalue weighted by Gasteiger charge is 2.44. The van der Waals surface area contributed by atoms with E-state index in [0.717, 1.165) is 11.3 Å². The minimum Gasteiger partial charge on any atom is -0.503 e. The molecule has 0 saturated carbocycles. The molecule has 0 saturated heterocycles. The maximum Gasteiger partial charge on any atom is 0.290 e. The molecular weight excluding hydrogens is 532 g/mol. The Morgan fingerprint density at radius 1 is 1.10 bits per heavy atom. The van der Waals surface area contributed by atoms with E-state index in [1.807, 2.05) is 74.4 Å². The number of aliphatic hydroxyl groups is 1. The van der Waals surface area contributed by atoms with Gasteiger partial charge in [0.2, 0.25) is 5.78 Å². The lowest BCUT2D eigenvalue weighted by molar-refractivity contribution is -0.130. The lowest BCUT2D eigenvalue weighted by Crippen LogP contribution is -2.30. The number of Topliss-reactive ketones (excluding diaryl/α,β-unsaturated/α-hetero) is 1. The van der Waals surface area contributed by atoms with Crippen LogP contribution in [0.4, 0.5) is 5.69 Å². The van der Waals surface area contributed by atoms with Crippen LogP contribution >= 0.6 is 11.6 Å². The summed E-state index contributed by atoms with van der Waals surface area (Å²) in [5.74, 6) is -0.870. The fraction of sp³-hybridized carbons (Fsp3) is 0.226. The Bertz CT molecular complexity index is 1620. The number of ketones is 1. The van der Waals surface area contributed by atoms with Crippen molar-refractivity contribution in [3.05, 3.63) is 100.0 Å². The summed E-state index contributed by atoms with van der Waals surface area (Å²) in [6.07, 6.45) is 0. The number of fused-ring (bicyclic) bond motifs is 1. The third-order valence-electron chi connectivity index (χ3n) is 6.83. The van der Waals surface area contributed by atoms with Crippen LogP contribution in [0.5, 0.6) is 11.5 Å². The maximum absolute atomic E-state index is 14.0. The molecule has 40 heavy (non-hydrogen) atoms. The lowest BCUT2D eigenvalue weighted by atomic mass is 9.94. The predicted molar refractivity (Wildman–Crippen MR) is 153 cm³/mol. The van der Waals surface area contributed by atoms with Gasteiger partial charge in [-0.15, -0.1) is 0 Å². The minimum absolute atomic E-state index is 0.0416. The number of halogens is 1. The number of aliphatic hydroxyl groups excluding tert-OH is 1. The monoisotopic (exact) mass is 560 g/mol. The van der Waals surface area contributed by atoms with Crippen molar-refractivity contribution in [2.24, 2.45) is 0 Å². The van der Waals surface area contributed by atoms with Gasteiger partial charge in [0.25, 0.3) is 5.91 Å². The molecular formula is C31H29ClN2O6. The molecule has 1 atom stereocenters. The van der Waals surface area contributed by atoms with Gasteiger partial charge in [0.15, 0.2) is 22.9 Å². The number of rotatable bonds is 9. The standard InChI is InChI=1S/C31H29ClN2O6/c1-5-39-23-8-6-7-18(13-23)17-34-27(19-9-11-22(12-10-19)33(2)3)26(29(36)31(34)37)28(35)24-15-20-14-21(32)16-25(38-4)30(20)40-24/h6-16,27,36H,5,17H2,1-4H3. The van der Waals surface area contributed by atoms with Gasteiger partial charge >= 0.3 is 0 Å². The third kappa shape index (κ3) is 4.98. The van der Waals surface area contributed by atoms with E-state index in [-0.39, 0.29) is 17.9 Å². The summed E-state index contributed by atoms with van der Waals surface area (Å²) in [6.45, 7) is 2.54. The molecule has 1 N–H and O–H groups in total. The van der Waals surface area contributed by atoms with Crippen molar-refractivity contribution in [3.8, 4) is 11.5 Å². The van der Waals surface area contributed by atoms with Gasteiger partial charge < -0.3 is 28.8 Å². The zero-order chi connectivity index (χ0) is 28.6. The molecule has 1 amide bonds. The fourth-order valence-electron chi connectivity index (χ4n) is 4.93. The van der Waals surface area contributed by atoms with E-state index in [0.29, 0.717) is 39.7 Å². The summed E-state index contributed by atoms with van der Waals surface area (Å²) in [4.78, 5) is 30.9. The average Bonchev–Trinajstić information content (AvgIpc) is 3.47. The number of anilines is 1. The second-order valence-corrected chi connectivity index (χ2v) is 10.1. The first kappa shape index (κ1) is 27.1. The van der Waals surface area contributed by atoms with E-state index < -0.39 is 23.5 Å². The average molecular weight is 561 g/mol. The fourth-order valence-corrected chi connectivity index (χ4v) is 5.15. The quantitative estimate of drug-likeness (QED) is 0.239. The second kappa shape index (κ2) is 11.0. The number of carbonyl (C=O) groups is 2. The molecule has 0 bridgehead atoms. The molecule has 1 aromatic heterocycles. The summed E-state index contributed by atoms with van der Waals surface area (Å²) >= 11 is 6.21. The largest absolute Gasteiger partial charge is 0.503 e. The summed E-state index contributed by atoms with van der Waals surface area (Å²) in [7, 11) is 5.33. The van der Waals surface area contributed by atoms with E-state index in [2.05, 4.69) is 0 Å². The van der Waals surface area contributed by atoms with Crippen LogP contribution in [-0.2, 0) is 11.3 Å². The summed E-state index contributed by atoms with van der Waals surface area (Å²) < 4.78 is 16.9. The molecule has 0 radical (unpaired) electrons. The van der Waals surface area contributed by atoms with Crippen molar-refractivity contribution in [1.82, 2.24) is 4.90 Å². The van der Waals surface area contributed by atoms with Gasteiger partial charge in [-0.2, -0.15) is 0 Å². The number of benzene rings is 3. The molecule has 2 heterocycles. The number of amides is 1. The van der Waals surface area contributed by atoms with Crippen LogP contribution in [0.2, 0.25) is 5.02 Å². The molecule has 1 unspecified atom stereocenters. The Balaban J connectivity index is 1.59. The highest BCUT2D eigenvalue weighted by Crippen LogP contribution is 2.42. The van der Waals surface area contributed by atoms with Gasteiger partial charge in [0.05, 0.1) is 25.3 Å². The third-order valence-corrected chi connectivity index (χ3v) is 7.04. The first-order valence-corrected chi connectivity index (χ1v) is 13.1. The number of methoxy groups -OCH3 is 1. The molecule has 8 nitrogen and oxygen atoms in total. The highest BCUT2D eigenvalue weighted by atomic mass is 35.5. The minimum atomic E-state index is -0.856. The summed E-state index contributed by atoms with van der Waals surface area (Å²) in [6, 6.07) is 18.8. The number of hydrogen-bond donors (Lipinski definition) is 1. The lowest BCUT2D eigenvalue weighted by Gasteiger charge is -2.27. The zero-order valence-electron chi connectivity index (χ0n) is 22.6. The maximum atomic E-state index is 14.0. The Morgan fingerprint density at radius 3 is 2.52 bits per heavy atom. The van der Waals surface area contributed by atoms with Gasteiger partial charge in [-0.05, 0) is 54.4 Å². The topological polar surface area (TPSA) is 92.5 Å². The Labute approximate surface area is 237 Å². The smallest absolute Gasteiger partial charge is 0.290 e. The van der Waals surface area contributed by atoms with Gasteiger partial charge in [-0.25, -0.2) is 0 Å². The van der Waals surface area contributed by atoms with Gasteiger partial charge in [0.1, 0.15) is 5.75 Å². The number of hydrogen-bond acceptors (Lipinski definition) is 7. The molecule has 0 spiro atoms. The first-order valence-electron chi connectivity index (χ1n) is 12.8. The van der Waals surface area contributed by atoms with Crippen LogP contribution in [0.3, 0.4) is 0 Å². The van der Waals surface area contributed by atoms with Gasteiger partial charge in [-0.3, -0.25) is 9.59 Å². The van der Waals surface area contributed by atoms with Gasteiger partial charge in [-0.1, -0.05) is 35.9 Å². The number of furan rings is 1. The Kier molecular flexibility index (Phi) is 7.45. The van der Waals surface area contributed by atoms with Crippen LogP contribution in [0.25, 0.3) is 11.0 Å². The number of carbonyl (C=O) groups excluding carboxylic acids is 2. The second-order valence-electron chi connectivity index (χ2n) is 9.63. The highest BCUT2D eigenvalue weighted by molar-refractivity contribution is 6.31. The first-order chi connectivity index (χ1) is 19.2. The van der Waals surface area contributed by atoms with Crippen molar-refractivity contribution in [3.63, 3.8) is 0 Å². The molecule has 206 valence electrons. The molecule has 9 heteroatoms. The van der Waals surface area contributed by atoms with E-state index in [1.165, 1.54) is 18.1 Å². The molecule has 0 fully saturated rings. The Morgan fingerprint density at radius 2 is 1.85 bits per heavy atom. The number of nitrogens with zero attached hydrogens (tertiary/aromatic N) is 2. The van der Waals surface area contributed by atoms with E-state index in [9.17, 15) is 14.7 Å². The molecule has 0 aliphatic carbocycles. The van der Waals surface area contributed by atoms with Crippen LogP contribution in [0.15, 0.2) is 82.5 Å². The van der Waals surface area contributed by atoms with Crippen LogP contribution in [0.1, 0.15) is 34.6 Å². The normalized spacial score (nSPS) is 15.2. The van der Waals surface area contributed by atoms with Crippen molar-refractivity contribution in [1.29, 1.82) is 0 Å². The summed E-state index contributed by atoms with van der Waals surface area (Å²) in [5.41, 5.74) is 2.69. The van der Waals surface area contributed by atoms with E-state index in [1.54, 1.807) is 12.1 Å². The molecule has 3 aromatic carbocycles. The Hall–Kier alpha value is -4.43. The van der Waals surface area contributed by atoms with Crippen molar-refractivity contribution < 1.29 is 28.6 Å². The molecule has 4 aromatic rings. The van der Waals surface area contributed by atoms with E-state index >= 15 is 0 Å². The van der Waals surface area contributed by atoms with Crippen molar-refractivity contribution >= 4 is 39.9 Å². The van der Waals surface area contributed by atoms with Crippen molar-refractivity contribution in [2.45, 2.75) is 19.5 Å². The molecule has 1 aliphatic heterocycles. The predicted octanol–water partition coefficient (Wildman–Crippen LogP) is 6.34. The van der Waals surface area contributed by atoms with Crippen LogP contribution < -0.4 is 14.4 Å². The van der Waals surface area contributed by atoms with Gasteiger partial charge in [0, 0.05) is 42.8 Å². The number of ether oxygens (including phenoxy) is 2.